The summed E-state index contributed by atoms with van der Waals surface area (Å²) in [6.45, 7) is 10.8. The molecule has 2 aromatic carbocycles. The van der Waals surface area contributed by atoms with Crippen LogP contribution in [0, 0.1) is 20.4 Å². The lowest BCUT2D eigenvalue weighted by molar-refractivity contribution is 0.0690. The van der Waals surface area contributed by atoms with Crippen molar-refractivity contribution in [3.8, 4) is 17.1 Å². The molecule has 24 heavy (non-hydrogen) atoms. The first-order valence-corrected chi connectivity index (χ1v) is 7.39. The van der Waals surface area contributed by atoms with Gasteiger partial charge < -0.3 is 5.11 Å². The lowest BCUT2D eigenvalue weighted by Gasteiger charge is -2.11. The lowest BCUT2D eigenvalue weighted by Crippen LogP contribution is -2.02. The van der Waals surface area contributed by atoms with E-state index in [1.807, 2.05) is 35.8 Å². The van der Waals surface area contributed by atoms with E-state index in [9.17, 15) is 9.90 Å². The maximum atomic E-state index is 11.5. The van der Waals surface area contributed by atoms with Gasteiger partial charge in [0.1, 0.15) is 5.82 Å². The maximum Gasteiger partial charge on any atom is 0.356 e. The van der Waals surface area contributed by atoms with Crippen LogP contribution in [-0.4, -0.2) is 20.6 Å². The molecular weight excluding hydrogens is 302 g/mol. The normalized spacial score (nSPS) is 10.4. The van der Waals surface area contributed by atoms with Gasteiger partial charge in [-0.05, 0) is 26.0 Å². The van der Waals surface area contributed by atoms with Crippen molar-refractivity contribution >= 4 is 11.7 Å². The molecule has 0 atom stereocenters. The molecule has 1 heterocycles. The van der Waals surface area contributed by atoms with Gasteiger partial charge in [0.2, 0.25) is 0 Å². The summed E-state index contributed by atoms with van der Waals surface area (Å²) >= 11 is 0. The predicted octanol–water partition coefficient (Wildman–Crippen LogP) is 4.41. The number of aromatic carboxylic acids is 1. The molecule has 0 unspecified atom stereocenters. The van der Waals surface area contributed by atoms with Gasteiger partial charge >= 0.3 is 5.97 Å². The van der Waals surface area contributed by atoms with Crippen molar-refractivity contribution in [3.05, 3.63) is 76.9 Å². The van der Waals surface area contributed by atoms with Crippen LogP contribution in [0.5, 0.6) is 0 Å². The summed E-state index contributed by atoms with van der Waals surface area (Å²) in [6, 6.07) is 14.8. The number of carboxylic acid groups (broad SMARTS) is 1. The van der Waals surface area contributed by atoms with E-state index in [1.165, 1.54) is 0 Å². The minimum absolute atomic E-state index is 0.0276. The molecule has 5 nitrogen and oxygen atoms in total. The number of aryl methyl sites for hydroxylation is 1. The number of hydrogen-bond donors (Lipinski definition) is 1. The van der Waals surface area contributed by atoms with Gasteiger partial charge in [-0.15, -0.1) is 0 Å². The lowest BCUT2D eigenvalue weighted by atomic mass is 10.1. The number of carboxylic acids is 1. The zero-order valence-electron chi connectivity index (χ0n) is 13.3. The summed E-state index contributed by atoms with van der Waals surface area (Å²) in [4.78, 5) is 19.2. The molecule has 3 aromatic rings. The van der Waals surface area contributed by atoms with Crippen molar-refractivity contribution in [2.24, 2.45) is 0 Å². The van der Waals surface area contributed by atoms with Crippen LogP contribution in [0.3, 0.4) is 0 Å². The van der Waals surface area contributed by atoms with E-state index in [-0.39, 0.29) is 5.69 Å². The molecule has 0 saturated heterocycles. The molecule has 3 rings (SSSR count). The Labute approximate surface area is 139 Å². The SMILES string of the molecule is [C-]#[N+]c1ccc(-c2nc(C(=O)O)c(C)n2-c2ccc(C)cc2)cc1. The molecule has 118 valence electrons. The third-order valence-corrected chi connectivity index (χ3v) is 3.86. The Kier molecular flexibility index (Phi) is 3.88. The number of nitrogens with zero attached hydrogens (tertiary/aromatic N) is 3. The highest BCUT2D eigenvalue weighted by atomic mass is 16.4. The smallest absolute Gasteiger partial charge is 0.356 e. The maximum absolute atomic E-state index is 11.5. The third-order valence-electron chi connectivity index (χ3n) is 3.86. The standard InChI is InChI=1S/C19H15N3O2/c1-12-4-10-16(11-5-12)22-13(2)17(19(23)24)21-18(22)14-6-8-15(20-3)9-7-14/h4-11H,1-2H3,(H,23,24). The first-order chi connectivity index (χ1) is 11.5. The predicted molar refractivity (Wildman–Crippen MR) is 91.7 cm³/mol. The second kappa shape index (κ2) is 6.01. The van der Waals surface area contributed by atoms with Crippen LogP contribution in [-0.2, 0) is 0 Å². The van der Waals surface area contributed by atoms with Crippen LogP contribution in [0.25, 0.3) is 21.9 Å². The number of benzene rings is 2. The number of rotatable bonds is 3. The van der Waals surface area contributed by atoms with Gasteiger partial charge in [-0.2, -0.15) is 0 Å². The fraction of sp³-hybridized carbons (Fsp3) is 0.105. The molecule has 0 spiro atoms. The van der Waals surface area contributed by atoms with E-state index in [2.05, 4.69) is 9.83 Å². The summed E-state index contributed by atoms with van der Waals surface area (Å²) in [7, 11) is 0. The van der Waals surface area contributed by atoms with Crippen LogP contribution in [0.4, 0.5) is 5.69 Å². The monoisotopic (exact) mass is 317 g/mol. The van der Waals surface area contributed by atoms with E-state index in [1.54, 1.807) is 31.2 Å². The summed E-state index contributed by atoms with van der Waals surface area (Å²) in [5.74, 6) is -0.511. The molecule has 0 aliphatic carbocycles. The summed E-state index contributed by atoms with van der Waals surface area (Å²) < 4.78 is 1.83. The van der Waals surface area contributed by atoms with Gasteiger partial charge in [0.05, 0.1) is 12.3 Å². The summed E-state index contributed by atoms with van der Waals surface area (Å²) in [5, 5.41) is 9.41. The van der Waals surface area contributed by atoms with Crippen molar-refractivity contribution in [2.45, 2.75) is 13.8 Å². The first kappa shape index (κ1) is 15.5. The van der Waals surface area contributed by atoms with Crippen LogP contribution >= 0.6 is 0 Å². The quantitative estimate of drug-likeness (QED) is 0.728. The fourth-order valence-electron chi connectivity index (χ4n) is 2.59. The molecule has 0 amide bonds. The molecule has 0 aliphatic rings. The topological polar surface area (TPSA) is 59.5 Å². The van der Waals surface area contributed by atoms with Crippen LogP contribution in [0.1, 0.15) is 21.7 Å². The van der Waals surface area contributed by atoms with Crippen molar-refractivity contribution in [1.82, 2.24) is 9.55 Å². The summed E-state index contributed by atoms with van der Waals surface area (Å²) in [5.41, 5.74) is 3.86. The van der Waals surface area contributed by atoms with Gasteiger partial charge in [0, 0.05) is 11.3 Å². The van der Waals surface area contributed by atoms with Crippen molar-refractivity contribution < 1.29 is 9.90 Å². The minimum atomic E-state index is -1.06. The highest BCUT2D eigenvalue weighted by Crippen LogP contribution is 2.28. The second-order valence-corrected chi connectivity index (χ2v) is 5.50. The molecule has 0 fully saturated rings. The number of hydrogen-bond acceptors (Lipinski definition) is 2. The van der Waals surface area contributed by atoms with Gasteiger partial charge in [0.15, 0.2) is 11.4 Å². The Bertz CT molecular complexity index is 946. The molecule has 1 aromatic heterocycles. The van der Waals surface area contributed by atoms with Crippen LogP contribution in [0.15, 0.2) is 48.5 Å². The molecular formula is C19H15N3O2. The Hall–Kier alpha value is -3.39. The van der Waals surface area contributed by atoms with Crippen molar-refractivity contribution in [2.75, 3.05) is 0 Å². The zero-order chi connectivity index (χ0) is 17.3. The van der Waals surface area contributed by atoms with E-state index in [4.69, 9.17) is 6.57 Å². The van der Waals surface area contributed by atoms with Gasteiger partial charge in [0.25, 0.3) is 0 Å². The summed E-state index contributed by atoms with van der Waals surface area (Å²) in [6.07, 6.45) is 0. The number of carbonyl (C=O) groups is 1. The van der Waals surface area contributed by atoms with Crippen molar-refractivity contribution in [1.29, 1.82) is 0 Å². The van der Waals surface area contributed by atoms with E-state index >= 15 is 0 Å². The molecule has 1 N–H and O–H groups in total. The molecule has 0 aliphatic heterocycles. The highest BCUT2D eigenvalue weighted by molar-refractivity contribution is 5.88. The number of aromatic nitrogens is 2. The highest BCUT2D eigenvalue weighted by Gasteiger charge is 2.20. The van der Waals surface area contributed by atoms with E-state index in [0.717, 1.165) is 16.8 Å². The molecule has 0 saturated carbocycles. The van der Waals surface area contributed by atoms with Gasteiger partial charge in [-0.3, -0.25) is 4.57 Å². The zero-order valence-corrected chi connectivity index (χ0v) is 13.3. The van der Waals surface area contributed by atoms with Crippen molar-refractivity contribution in [3.63, 3.8) is 0 Å². The van der Waals surface area contributed by atoms with Crippen LogP contribution < -0.4 is 0 Å². The first-order valence-electron chi connectivity index (χ1n) is 7.39. The average molecular weight is 317 g/mol. The molecule has 0 radical (unpaired) electrons. The Morgan fingerprint density at radius 1 is 1.08 bits per heavy atom. The molecule has 0 bridgehead atoms. The second-order valence-electron chi connectivity index (χ2n) is 5.50. The Balaban J connectivity index is 2.24. The van der Waals surface area contributed by atoms with Gasteiger partial charge in [-0.1, -0.05) is 42.0 Å². The fourth-order valence-corrected chi connectivity index (χ4v) is 2.59. The van der Waals surface area contributed by atoms with E-state index in [0.29, 0.717) is 17.2 Å². The largest absolute Gasteiger partial charge is 0.476 e. The Morgan fingerprint density at radius 3 is 2.25 bits per heavy atom. The van der Waals surface area contributed by atoms with E-state index < -0.39 is 5.97 Å². The van der Waals surface area contributed by atoms with Crippen LogP contribution in [0.2, 0.25) is 0 Å². The minimum Gasteiger partial charge on any atom is -0.476 e. The number of imidazole rings is 1. The molecule has 5 heteroatoms. The van der Waals surface area contributed by atoms with Gasteiger partial charge in [-0.25, -0.2) is 14.6 Å². The Morgan fingerprint density at radius 2 is 1.71 bits per heavy atom. The third kappa shape index (κ3) is 2.66. The average Bonchev–Trinajstić information content (AvgIpc) is 2.93.